The highest BCUT2D eigenvalue weighted by molar-refractivity contribution is 5.96. The van der Waals surface area contributed by atoms with E-state index in [4.69, 9.17) is 10.8 Å². The van der Waals surface area contributed by atoms with Crippen molar-refractivity contribution in [2.45, 2.75) is 13.0 Å². The molecule has 0 aromatic rings. The van der Waals surface area contributed by atoms with Gasteiger partial charge in [0.05, 0.1) is 6.61 Å². The van der Waals surface area contributed by atoms with Gasteiger partial charge in [-0.1, -0.05) is 5.92 Å². The van der Waals surface area contributed by atoms with E-state index in [1.807, 2.05) is 0 Å². The Morgan fingerprint density at radius 2 is 2.25 bits per heavy atom. The van der Waals surface area contributed by atoms with Crippen molar-refractivity contribution in [2.24, 2.45) is 5.73 Å². The largest absolute Gasteiger partial charge is 0.394 e. The van der Waals surface area contributed by atoms with Crippen LogP contribution < -0.4 is 11.1 Å². The average molecular weight is 170 g/mol. The van der Waals surface area contributed by atoms with Crippen LogP contribution in [0.5, 0.6) is 0 Å². The first kappa shape index (κ1) is 10.5. The van der Waals surface area contributed by atoms with Crippen molar-refractivity contribution in [1.82, 2.24) is 5.32 Å². The van der Waals surface area contributed by atoms with Crippen LogP contribution in [0.1, 0.15) is 6.92 Å². The van der Waals surface area contributed by atoms with Crippen LogP contribution >= 0.6 is 0 Å². The van der Waals surface area contributed by atoms with Gasteiger partial charge in [0.1, 0.15) is 6.04 Å². The summed E-state index contributed by atoms with van der Waals surface area (Å²) in [6.07, 6.45) is 0. The number of carbonyl (C=O) groups excluding carboxylic acids is 2. The average Bonchev–Trinajstić information content (AvgIpc) is 2.00. The third-order valence-corrected chi connectivity index (χ3v) is 1.07. The Kier molecular flexibility index (Phi) is 4.49. The van der Waals surface area contributed by atoms with Crippen molar-refractivity contribution >= 4 is 11.8 Å². The second-order valence-electron chi connectivity index (χ2n) is 1.99. The first-order valence-corrected chi connectivity index (χ1v) is 3.25. The fourth-order valence-corrected chi connectivity index (χ4v) is 0.515. The van der Waals surface area contributed by atoms with Gasteiger partial charge in [-0.25, -0.2) is 0 Å². The topological polar surface area (TPSA) is 92.4 Å². The predicted octanol–water partition coefficient (Wildman–Crippen LogP) is -2.03. The first-order valence-electron chi connectivity index (χ1n) is 3.25. The Morgan fingerprint density at radius 1 is 1.67 bits per heavy atom. The molecule has 5 heteroatoms. The summed E-state index contributed by atoms with van der Waals surface area (Å²) in [5.41, 5.74) is 4.83. The molecule has 0 aliphatic carbocycles. The highest BCUT2D eigenvalue weighted by Gasteiger charge is 2.14. The van der Waals surface area contributed by atoms with Crippen molar-refractivity contribution < 1.29 is 14.7 Å². The number of hydrogen-bond acceptors (Lipinski definition) is 3. The lowest BCUT2D eigenvalue weighted by Gasteiger charge is -2.08. The van der Waals surface area contributed by atoms with Gasteiger partial charge in [-0.2, -0.15) is 0 Å². The third-order valence-electron chi connectivity index (χ3n) is 1.07. The molecule has 0 bridgehead atoms. The maximum atomic E-state index is 10.7. The van der Waals surface area contributed by atoms with Crippen LogP contribution in [0.2, 0.25) is 0 Å². The van der Waals surface area contributed by atoms with Crippen LogP contribution in [0.15, 0.2) is 0 Å². The van der Waals surface area contributed by atoms with Gasteiger partial charge in [-0.15, -0.1) is 0 Å². The van der Waals surface area contributed by atoms with Crippen molar-refractivity contribution in [3.63, 3.8) is 0 Å². The van der Waals surface area contributed by atoms with Gasteiger partial charge < -0.3 is 16.2 Å². The van der Waals surface area contributed by atoms with Crippen LogP contribution in [0, 0.1) is 11.8 Å². The normalized spacial score (nSPS) is 10.8. The smallest absolute Gasteiger partial charge is 0.296 e. The highest BCUT2D eigenvalue weighted by atomic mass is 16.3. The fourth-order valence-electron chi connectivity index (χ4n) is 0.515. The number of rotatable bonds is 3. The van der Waals surface area contributed by atoms with Crippen LogP contribution in [0.4, 0.5) is 0 Å². The standard InChI is InChI=1S/C7H10N2O3/c1-2-3-6(11)9-5(4-10)7(8)12/h5,10H,4H2,1H3,(H2,8,12)(H,9,11)/t5-/m0/s1. The Morgan fingerprint density at radius 3 is 2.58 bits per heavy atom. The quantitative estimate of drug-likeness (QED) is 0.426. The monoisotopic (exact) mass is 170 g/mol. The molecule has 66 valence electrons. The number of carbonyl (C=O) groups is 2. The van der Waals surface area contributed by atoms with Crippen molar-refractivity contribution in [3.05, 3.63) is 0 Å². The molecule has 1 atom stereocenters. The van der Waals surface area contributed by atoms with Gasteiger partial charge in [0.15, 0.2) is 0 Å². The maximum absolute atomic E-state index is 10.7. The molecule has 12 heavy (non-hydrogen) atoms. The number of nitrogens with two attached hydrogens (primary N) is 1. The summed E-state index contributed by atoms with van der Waals surface area (Å²) in [5, 5.41) is 10.7. The molecule has 5 nitrogen and oxygen atoms in total. The number of aliphatic hydroxyl groups excluding tert-OH is 1. The zero-order valence-electron chi connectivity index (χ0n) is 6.63. The maximum Gasteiger partial charge on any atom is 0.296 e. The summed E-state index contributed by atoms with van der Waals surface area (Å²) in [4.78, 5) is 21.2. The molecule has 0 rings (SSSR count). The van der Waals surface area contributed by atoms with Gasteiger partial charge in [0.2, 0.25) is 5.91 Å². The van der Waals surface area contributed by atoms with Crippen LogP contribution in [-0.2, 0) is 9.59 Å². The van der Waals surface area contributed by atoms with E-state index in [0.717, 1.165) is 0 Å². The lowest BCUT2D eigenvalue weighted by atomic mass is 10.3. The molecule has 0 aliphatic rings. The molecule has 4 N–H and O–H groups in total. The Labute approximate surface area is 69.9 Å². The first-order chi connectivity index (χ1) is 5.61. The van der Waals surface area contributed by atoms with Crippen LogP contribution in [-0.4, -0.2) is 29.6 Å². The summed E-state index contributed by atoms with van der Waals surface area (Å²) >= 11 is 0. The summed E-state index contributed by atoms with van der Waals surface area (Å²) < 4.78 is 0. The Balaban J connectivity index is 4.09. The van der Waals surface area contributed by atoms with E-state index in [2.05, 4.69) is 17.2 Å². The minimum absolute atomic E-state index is 0.521. The van der Waals surface area contributed by atoms with E-state index >= 15 is 0 Å². The fraction of sp³-hybridized carbons (Fsp3) is 0.429. The summed E-state index contributed by atoms with van der Waals surface area (Å²) in [7, 11) is 0. The minimum Gasteiger partial charge on any atom is -0.394 e. The van der Waals surface area contributed by atoms with E-state index in [1.54, 1.807) is 0 Å². The minimum atomic E-state index is -1.06. The molecule has 2 amide bonds. The zero-order chi connectivity index (χ0) is 9.56. The summed E-state index contributed by atoms with van der Waals surface area (Å²) in [6, 6.07) is -1.06. The SMILES string of the molecule is CC#CC(=O)N[C@@H](CO)C(N)=O. The van der Waals surface area contributed by atoms with Gasteiger partial charge in [0.25, 0.3) is 5.91 Å². The second kappa shape index (κ2) is 5.16. The Bertz CT molecular complexity index is 239. The lowest BCUT2D eigenvalue weighted by molar-refractivity contribution is -0.125. The number of primary amides is 1. The molecule has 0 spiro atoms. The number of amides is 2. The van der Waals surface area contributed by atoms with E-state index in [0.29, 0.717) is 0 Å². The van der Waals surface area contributed by atoms with Gasteiger partial charge in [-0.05, 0) is 12.8 Å². The molecule has 0 unspecified atom stereocenters. The van der Waals surface area contributed by atoms with Crippen molar-refractivity contribution in [3.8, 4) is 11.8 Å². The highest BCUT2D eigenvalue weighted by Crippen LogP contribution is 1.79. The Hall–Kier alpha value is -1.54. The van der Waals surface area contributed by atoms with Crippen molar-refractivity contribution in [1.29, 1.82) is 0 Å². The number of aliphatic hydroxyl groups is 1. The van der Waals surface area contributed by atoms with Gasteiger partial charge >= 0.3 is 0 Å². The van der Waals surface area contributed by atoms with Crippen LogP contribution in [0.3, 0.4) is 0 Å². The summed E-state index contributed by atoms with van der Waals surface area (Å²) in [5.74, 6) is 3.07. The molecule has 0 fully saturated rings. The van der Waals surface area contributed by atoms with Gasteiger partial charge in [0, 0.05) is 0 Å². The van der Waals surface area contributed by atoms with Crippen molar-refractivity contribution in [2.75, 3.05) is 6.61 Å². The van der Waals surface area contributed by atoms with E-state index in [1.165, 1.54) is 6.92 Å². The molecule has 0 aromatic carbocycles. The number of hydrogen-bond donors (Lipinski definition) is 3. The molecule has 0 saturated carbocycles. The molecule has 0 heterocycles. The lowest BCUT2D eigenvalue weighted by Crippen LogP contribution is -2.46. The zero-order valence-corrected chi connectivity index (χ0v) is 6.63. The number of nitrogens with one attached hydrogen (secondary N) is 1. The van der Waals surface area contributed by atoms with E-state index < -0.39 is 24.5 Å². The predicted molar refractivity (Wildman–Crippen MR) is 41.7 cm³/mol. The van der Waals surface area contributed by atoms with Gasteiger partial charge in [-0.3, -0.25) is 9.59 Å². The molecule has 0 radical (unpaired) electrons. The third kappa shape index (κ3) is 3.58. The molecule has 0 aromatic heterocycles. The summed E-state index contributed by atoms with van der Waals surface area (Å²) in [6.45, 7) is 0.963. The molecule has 0 saturated heterocycles. The molecular formula is C7H10N2O3. The second-order valence-corrected chi connectivity index (χ2v) is 1.99. The van der Waals surface area contributed by atoms with E-state index in [-0.39, 0.29) is 0 Å². The van der Waals surface area contributed by atoms with Crippen LogP contribution in [0.25, 0.3) is 0 Å². The molecular weight excluding hydrogens is 160 g/mol. The molecule has 0 aliphatic heterocycles. The van der Waals surface area contributed by atoms with E-state index in [9.17, 15) is 9.59 Å².